The molecule has 0 heterocycles. The number of rotatable bonds is 6. The third-order valence-electron chi connectivity index (χ3n) is 3.63. The minimum absolute atomic E-state index is 0.307. The molecule has 4 nitrogen and oxygen atoms in total. The molecule has 3 aromatic rings. The average molecular weight is 361 g/mol. The summed E-state index contributed by atoms with van der Waals surface area (Å²) in [6.45, 7) is 0.828. The minimum Gasteiger partial charge on any atom is -0.376 e. The van der Waals surface area contributed by atoms with Gasteiger partial charge in [0.15, 0.2) is 0 Å². The van der Waals surface area contributed by atoms with Gasteiger partial charge >= 0.3 is 0 Å². The molecule has 0 radical (unpaired) electrons. The number of benzene rings is 2. The van der Waals surface area contributed by atoms with Crippen molar-refractivity contribution in [2.75, 3.05) is 10.6 Å². The van der Waals surface area contributed by atoms with Gasteiger partial charge in [-0.1, -0.05) is 47.5 Å². The van der Waals surface area contributed by atoms with Gasteiger partial charge in [-0.2, -0.15) is 0 Å². The molecule has 0 aliphatic carbocycles. The second-order valence-electron chi connectivity index (χ2n) is 5.38. The summed E-state index contributed by atoms with van der Waals surface area (Å²) in [5.41, 5.74) is 1.45. The first-order valence-electron chi connectivity index (χ1n) is 7.34. The summed E-state index contributed by atoms with van der Waals surface area (Å²) in [7, 11) is 0. The minimum atomic E-state index is -0.509. The van der Waals surface area contributed by atoms with Gasteiger partial charge in [-0.3, -0.25) is 9.59 Å². The summed E-state index contributed by atoms with van der Waals surface area (Å²) < 4.78 is 0. The maximum atomic E-state index is 11.8. The van der Waals surface area contributed by atoms with E-state index in [1.807, 2.05) is 24.3 Å². The molecule has 0 amide bonds. The van der Waals surface area contributed by atoms with Gasteiger partial charge in [-0.05, 0) is 35.4 Å². The van der Waals surface area contributed by atoms with Gasteiger partial charge in [0.2, 0.25) is 0 Å². The predicted molar refractivity (Wildman–Crippen MR) is 98.9 cm³/mol. The van der Waals surface area contributed by atoms with Crippen LogP contribution in [0.4, 0.5) is 11.4 Å². The molecule has 24 heavy (non-hydrogen) atoms. The molecular formula is C18H14Cl2N2O2. The van der Waals surface area contributed by atoms with E-state index < -0.39 is 10.9 Å². The molecule has 0 aromatic heterocycles. The second-order valence-corrected chi connectivity index (χ2v) is 6.25. The Morgan fingerprint density at radius 2 is 1.12 bits per heavy atom. The fourth-order valence-electron chi connectivity index (χ4n) is 2.40. The van der Waals surface area contributed by atoms with Crippen LogP contribution in [-0.2, 0) is 13.1 Å². The molecule has 0 spiro atoms. The Kier molecular flexibility index (Phi) is 4.88. The number of halogens is 2. The van der Waals surface area contributed by atoms with Gasteiger partial charge < -0.3 is 10.6 Å². The van der Waals surface area contributed by atoms with Crippen molar-refractivity contribution in [3.05, 3.63) is 90.1 Å². The van der Waals surface area contributed by atoms with Crippen molar-refractivity contribution in [2.24, 2.45) is 0 Å². The van der Waals surface area contributed by atoms with Crippen LogP contribution in [0.5, 0.6) is 0 Å². The SMILES string of the molecule is O=c1c(NCc2cccc(Cl)c2)c(NCc2cccc(Cl)c2)c1=O. The highest BCUT2D eigenvalue weighted by Gasteiger charge is 2.20. The Morgan fingerprint density at radius 3 is 1.50 bits per heavy atom. The van der Waals surface area contributed by atoms with E-state index in [2.05, 4.69) is 10.6 Å². The molecule has 0 aliphatic heterocycles. The fraction of sp³-hybridized carbons (Fsp3) is 0.111. The van der Waals surface area contributed by atoms with Crippen LogP contribution in [0.15, 0.2) is 58.1 Å². The zero-order chi connectivity index (χ0) is 17.1. The normalized spacial score (nSPS) is 10.8. The Labute approximate surface area is 148 Å². The highest BCUT2D eigenvalue weighted by molar-refractivity contribution is 6.30. The number of hydrogen-bond acceptors (Lipinski definition) is 4. The Hall–Kier alpha value is -2.30. The van der Waals surface area contributed by atoms with Crippen LogP contribution in [-0.4, -0.2) is 0 Å². The van der Waals surface area contributed by atoms with Crippen LogP contribution in [0, 0.1) is 0 Å². The smallest absolute Gasteiger partial charge is 0.253 e. The molecule has 0 saturated heterocycles. The molecule has 0 fully saturated rings. The van der Waals surface area contributed by atoms with E-state index in [-0.39, 0.29) is 0 Å². The van der Waals surface area contributed by atoms with Crippen molar-refractivity contribution in [3.63, 3.8) is 0 Å². The highest BCUT2D eigenvalue weighted by atomic mass is 35.5. The molecule has 0 unspecified atom stereocenters. The van der Waals surface area contributed by atoms with E-state index in [1.54, 1.807) is 24.3 Å². The largest absolute Gasteiger partial charge is 0.376 e. The Morgan fingerprint density at radius 1 is 0.708 bits per heavy atom. The summed E-state index contributed by atoms with van der Waals surface area (Å²) in [6.07, 6.45) is 0. The Balaban J connectivity index is 1.68. The molecule has 0 atom stereocenters. The van der Waals surface area contributed by atoms with Crippen LogP contribution in [0.3, 0.4) is 0 Å². The summed E-state index contributed by atoms with van der Waals surface area (Å²) in [5.74, 6) is 0. The molecule has 6 heteroatoms. The molecule has 0 saturated carbocycles. The maximum absolute atomic E-state index is 11.8. The zero-order valence-corrected chi connectivity index (χ0v) is 14.1. The maximum Gasteiger partial charge on any atom is 0.253 e. The first kappa shape index (κ1) is 16.6. The van der Waals surface area contributed by atoms with Gasteiger partial charge in [0.1, 0.15) is 11.4 Å². The van der Waals surface area contributed by atoms with E-state index in [0.717, 1.165) is 11.1 Å². The van der Waals surface area contributed by atoms with Crippen molar-refractivity contribution in [1.82, 2.24) is 0 Å². The molecule has 0 aliphatic rings. The second kappa shape index (κ2) is 7.07. The van der Waals surface area contributed by atoms with Crippen LogP contribution in [0.25, 0.3) is 0 Å². The van der Waals surface area contributed by atoms with Gasteiger partial charge in [0.05, 0.1) is 0 Å². The number of nitrogens with one attached hydrogen (secondary N) is 2. The third kappa shape index (κ3) is 3.61. The van der Waals surface area contributed by atoms with Crippen molar-refractivity contribution in [1.29, 1.82) is 0 Å². The number of anilines is 2. The molecule has 2 N–H and O–H groups in total. The lowest BCUT2D eigenvalue weighted by Gasteiger charge is -2.15. The van der Waals surface area contributed by atoms with E-state index in [9.17, 15) is 9.59 Å². The lowest BCUT2D eigenvalue weighted by molar-refractivity contribution is 1.09. The third-order valence-corrected chi connectivity index (χ3v) is 4.10. The topological polar surface area (TPSA) is 58.2 Å². The summed E-state index contributed by atoms with van der Waals surface area (Å²) in [4.78, 5) is 23.5. The monoisotopic (exact) mass is 360 g/mol. The van der Waals surface area contributed by atoms with Gasteiger partial charge in [0, 0.05) is 23.1 Å². The predicted octanol–water partition coefficient (Wildman–Crippen LogP) is 3.81. The standard InChI is InChI=1S/C18H14Cl2N2O2/c19-13-5-1-3-11(7-13)9-21-15-16(18(24)17(15)23)22-10-12-4-2-6-14(20)8-12/h1-8,21-22H,9-10H2. The quantitative estimate of drug-likeness (QED) is 0.656. The molecule has 0 bridgehead atoms. The molecule has 122 valence electrons. The van der Waals surface area contributed by atoms with Crippen molar-refractivity contribution < 1.29 is 0 Å². The summed E-state index contributed by atoms with van der Waals surface area (Å²) in [6, 6.07) is 14.6. The van der Waals surface area contributed by atoms with Gasteiger partial charge in [-0.15, -0.1) is 0 Å². The fourth-order valence-corrected chi connectivity index (χ4v) is 2.83. The lowest BCUT2D eigenvalue weighted by atomic mass is 10.1. The molecular weight excluding hydrogens is 347 g/mol. The average Bonchev–Trinajstić information content (AvgIpc) is 2.57. The van der Waals surface area contributed by atoms with Crippen molar-refractivity contribution >= 4 is 34.6 Å². The van der Waals surface area contributed by atoms with Crippen LogP contribution in [0.2, 0.25) is 10.0 Å². The highest BCUT2D eigenvalue weighted by Crippen LogP contribution is 2.19. The summed E-state index contributed by atoms with van der Waals surface area (Å²) >= 11 is 11.9. The van der Waals surface area contributed by atoms with E-state index in [1.165, 1.54) is 0 Å². The molecule has 3 rings (SSSR count). The Bertz CT molecular complexity index is 869. The zero-order valence-electron chi connectivity index (χ0n) is 12.6. The lowest BCUT2D eigenvalue weighted by Crippen LogP contribution is -2.37. The first-order chi connectivity index (χ1) is 11.5. The van der Waals surface area contributed by atoms with Crippen LogP contribution >= 0.6 is 23.2 Å². The van der Waals surface area contributed by atoms with Crippen LogP contribution in [0.1, 0.15) is 11.1 Å². The summed E-state index contributed by atoms with van der Waals surface area (Å²) in [5, 5.41) is 7.25. The van der Waals surface area contributed by atoms with Crippen LogP contribution < -0.4 is 21.5 Å². The van der Waals surface area contributed by atoms with E-state index in [4.69, 9.17) is 23.2 Å². The number of hydrogen-bond donors (Lipinski definition) is 2. The first-order valence-corrected chi connectivity index (χ1v) is 8.10. The van der Waals surface area contributed by atoms with E-state index in [0.29, 0.717) is 34.5 Å². The van der Waals surface area contributed by atoms with Crippen molar-refractivity contribution in [3.8, 4) is 0 Å². The molecule has 3 aromatic carbocycles. The van der Waals surface area contributed by atoms with E-state index >= 15 is 0 Å². The van der Waals surface area contributed by atoms with Gasteiger partial charge in [0.25, 0.3) is 10.9 Å². The van der Waals surface area contributed by atoms with Crippen molar-refractivity contribution in [2.45, 2.75) is 13.1 Å². The van der Waals surface area contributed by atoms with Gasteiger partial charge in [-0.25, -0.2) is 0 Å².